The maximum absolute atomic E-state index is 13.4. The summed E-state index contributed by atoms with van der Waals surface area (Å²) in [7, 11) is 0. The summed E-state index contributed by atoms with van der Waals surface area (Å²) in [6, 6.07) is 12.6. The third-order valence-corrected chi connectivity index (χ3v) is 4.66. The molecule has 12 heteroatoms. The zero-order chi connectivity index (χ0) is 23.1. The molecular formula is C21H13F5N6Pt. The zero-order valence-corrected chi connectivity index (χ0v) is 19.2. The van der Waals surface area contributed by atoms with Gasteiger partial charge in [-0.3, -0.25) is 10.1 Å². The predicted molar refractivity (Wildman–Crippen MR) is 101 cm³/mol. The molecular weight excluding hydrogens is 626 g/mol. The monoisotopic (exact) mass is 639 g/mol. The number of alkyl halides is 3. The molecule has 0 amide bonds. The standard InChI is InChI=1S/C21H13F5N6.Pt/c1-20(2,14-6-3-5-12(27-14)13-11-17(22)30-19(23)28-13)15-7-4-8-18(29-15)32-10-9-16(31-32)21(24,25)26;/h3-9H,1-2H3;/q-2;+2. The van der Waals surface area contributed by atoms with E-state index in [0.29, 0.717) is 11.4 Å². The largest absolute Gasteiger partial charge is 2.00 e. The Labute approximate surface area is 199 Å². The first-order valence-corrected chi connectivity index (χ1v) is 9.17. The molecule has 4 rings (SSSR count). The molecule has 0 atom stereocenters. The summed E-state index contributed by atoms with van der Waals surface area (Å²) in [6.45, 7) is 3.59. The normalized spacial score (nSPS) is 11.8. The van der Waals surface area contributed by atoms with E-state index < -0.39 is 29.3 Å². The molecule has 0 spiro atoms. The fraction of sp³-hybridized carbons (Fsp3) is 0.190. The Hall–Kier alpha value is -3.07. The number of aromatic nitrogens is 6. The molecule has 0 N–H and O–H groups in total. The smallest absolute Gasteiger partial charge is 0.345 e. The van der Waals surface area contributed by atoms with Crippen LogP contribution in [0.1, 0.15) is 30.9 Å². The SMILES string of the molecule is CC(C)(c1cccc(-c2[c-]c(F)nc(F)n2)n1)c1cccc(-n2[c-]cc(C(F)(F)F)n2)n1.[Pt+2]. The molecule has 4 aromatic rings. The second-order valence-electron chi connectivity index (χ2n) is 7.24. The molecule has 0 bridgehead atoms. The zero-order valence-electron chi connectivity index (χ0n) is 16.9. The van der Waals surface area contributed by atoms with Crippen molar-refractivity contribution in [1.29, 1.82) is 0 Å². The van der Waals surface area contributed by atoms with Gasteiger partial charge in [0.2, 0.25) is 0 Å². The van der Waals surface area contributed by atoms with Crippen LogP contribution in [0, 0.1) is 24.3 Å². The van der Waals surface area contributed by atoms with Gasteiger partial charge in [0, 0.05) is 16.8 Å². The van der Waals surface area contributed by atoms with Gasteiger partial charge in [0.05, 0.1) is 11.5 Å². The van der Waals surface area contributed by atoms with E-state index in [2.05, 4.69) is 37.3 Å². The minimum atomic E-state index is -4.60. The van der Waals surface area contributed by atoms with Gasteiger partial charge in [-0.15, -0.1) is 12.1 Å². The Morgan fingerprint density at radius 1 is 0.848 bits per heavy atom. The van der Waals surface area contributed by atoms with Crippen molar-refractivity contribution in [3.63, 3.8) is 0 Å². The van der Waals surface area contributed by atoms with Crippen LogP contribution in [-0.4, -0.2) is 29.7 Å². The molecule has 4 aromatic heterocycles. The van der Waals surface area contributed by atoms with E-state index in [9.17, 15) is 22.0 Å². The summed E-state index contributed by atoms with van der Waals surface area (Å²) < 4.78 is 66.3. The van der Waals surface area contributed by atoms with Crippen molar-refractivity contribution in [2.45, 2.75) is 25.4 Å². The number of pyridine rings is 2. The van der Waals surface area contributed by atoms with Crippen molar-refractivity contribution in [2.24, 2.45) is 0 Å². The van der Waals surface area contributed by atoms with Gasteiger partial charge in [-0.2, -0.15) is 28.6 Å². The third kappa shape index (κ3) is 5.13. The van der Waals surface area contributed by atoms with E-state index in [1.807, 2.05) is 0 Å². The molecule has 0 unspecified atom stereocenters. The predicted octanol–water partition coefficient (Wildman–Crippen LogP) is 4.34. The first-order chi connectivity index (χ1) is 15.0. The van der Waals surface area contributed by atoms with Crippen LogP contribution in [0.2, 0.25) is 0 Å². The summed E-state index contributed by atoms with van der Waals surface area (Å²) in [4.78, 5) is 15.3. The Kier molecular flexibility index (Phi) is 6.74. The van der Waals surface area contributed by atoms with Gasteiger partial charge in [-0.1, -0.05) is 35.8 Å². The van der Waals surface area contributed by atoms with E-state index in [4.69, 9.17) is 0 Å². The van der Waals surface area contributed by atoms with Crippen molar-refractivity contribution < 1.29 is 43.0 Å². The molecule has 0 aliphatic heterocycles. The molecule has 4 heterocycles. The van der Waals surface area contributed by atoms with E-state index in [1.54, 1.807) is 38.1 Å². The van der Waals surface area contributed by atoms with Gasteiger partial charge in [0.25, 0.3) is 0 Å². The molecule has 0 saturated heterocycles. The van der Waals surface area contributed by atoms with Crippen LogP contribution in [0.25, 0.3) is 17.2 Å². The molecule has 0 fully saturated rings. The summed E-state index contributed by atoms with van der Waals surface area (Å²) in [5.41, 5.74) is -0.953. The number of nitrogens with zero attached hydrogens (tertiary/aromatic N) is 6. The number of rotatable bonds is 4. The first kappa shape index (κ1) is 24.6. The van der Waals surface area contributed by atoms with Crippen LogP contribution < -0.4 is 0 Å². The van der Waals surface area contributed by atoms with Gasteiger partial charge in [0.1, 0.15) is 5.95 Å². The topological polar surface area (TPSA) is 69.4 Å². The average Bonchev–Trinajstić information content (AvgIpc) is 3.24. The van der Waals surface area contributed by atoms with Crippen LogP contribution in [-0.2, 0) is 32.7 Å². The van der Waals surface area contributed by atoms with Gasteiger partial charge < -0.3 is 9.67 Å². The second kappa shape index (κ2) is 9.05. The quantitative estimate of drug-likeness (QED) is 0.144. The summed E-state index contributed by atoms with van der Waals surface area (Å²) in [5, 5.41) is 3.49. The molecule has 0 aromatic carbocycles. The van der Waals surface area contributed by atoms with E-state index in [1.165, 1.54) is 12.1 Å². The summed E-state index contributed by atoms with van der Waals surface area (Å²) >= 11 is 0. The maximum Gasteiger partial charge on any atom is 2.00 e. The van der Waals surface area contributed by atoms with Crippen molar-refractivity contribution in [3.05, 3.63) is 83.8 Å². The van der Waals surface area contributed by atoms with Crippen molar-refractivity contribution in [2.75, 3.05) is 0 Å². The second-order valence-corrected chi connectivity index (χ2v) is 7.24. The first-order valence-electron chi connectivity index (χ1n) is 9.17. The molecule has 0 radical (unpaired) electrons. The molecule has 33 heavy (non-hydrogen) atoms. The van der Waals surface area contributed by atoms with E-state index in [-0.39, 0.29) is 38.3 Å². The number of hydrogen-bond donors (Lipinski definition) is 0. The Morgan fingerprint density at radius 2 is 1.52 bits per heavy atom. The van der Waals surface area contributed by atoms with Crippen molar-refractivity contribution in [3.8, 4) is 17.2 Å². The van der Waals surface area contributed by atoms with Crippen LogP contribution >= 0.6 is 0 Å². The summed E-state index contributed by atoms with van der Waals surface area (Å²) in [6.07, 6.45) is -3.44. The molecule has 0 aliphatic carbocycles. The Balaban J connectivity index is 0.00000306. The van der Waals surface area contributed by atoms with Crippen molar-refractivity contribution >= 4 is 0 Å². The molecule has 172 valence electrons. The Morgan fingerprint density at radius 3 is 2.15 bits per heavy atom. The average molecular weight is 639 g/mol. The third-order valence-electron chi connectivity index (χ3n) is 4.66. The van der Waals surface area contributed by atoms with Crippen LogP contribution in [0.5, 0.6) is 0 Å². The minimum absolute atomic E-state index is 0. The fourth-order valence-electron chi connectivity index (χ4n) is 2.95. The minimum Gasteiger partial charge on any atom is -0.345 e. The molecule has 0 aliphatic rings. The summed E-state index contributed by atoms with van der Waals surface area (Å²) in [5.74, 6) is -1.02. The van der Waals surface area contributed by atoms with Gasteiger partial charge in [-0.25, -0.2) is 9.37 Å². The fourth-order valence-corrected chi connectivity index (χ4v) is 2.95. The van der Waals surface area contributed by atoms with Gasteiger partial charge >= 0.3 is 33.3 Å². The molecule has 6 nitrogen and oxygen atoms in total. The van der Waals surface area contributed by atoms with Crippen LogP contribution in [0.3, 0.4) is 0 Å². The Bertz CT molecular complexity index is 1270. The molecule has 0 saturated carbocycles. The number of hydrogen-bond acceptors (Lipinski definition) is 5. The van der Waals surface area contributed by atoms with E-state index >= 15 is 0 Å². The van der Waals surface area contributed by atoms with E-state index in [0.717, 1.165) is 10.7 Å². The maximum atomic E-state index is 13.4. The van der Waals surface area contributed by atoms with Gasteiger partial charge in [0.15, 0.2) is 0 Å². The van der Waals surface area contributed by atoms with Crippen LogP contribution in [0.4, 0.5) is 22.0 Å². The van der Waals surface area contributed by atoms with Gasteiger partial charge in [-0.05, 0) is 26.0 Å². The van der Waals surface area contributed by atoms with Crippen molar-refractivity contribution in [1.82, 2.24) is 29.7 Å². The van der Waals surface area contributed by atoms with Crippen LogP contribution in [0.15, 0.2) is 42.5 Å². The number of halogens is 5.